The van der Waals surface area contributed by atoms with Crippen molar-refractivity contribution in [3.05, 3.63) is 28.2 Å². The molecule has 3 heteroatoms. The third kappa shape index (κ3) is 3.81. The van der Waals surface area contributed by atoms with Crippen molar-refractivity contribution in [3.63, 3.8) is 0 Å². The number of hydrogen-bond donors (Lipinski definition) is 1. The maximum absolute atomic E-state index is 6.05. The Kier molecular flexibility index (Phi) is 5.37. The van der Waals surface area contributed by atoms with E-state index >= 15 is 0 Å². The molecule has 0 radical (unpaired) electrons. The third-order valence-electron chi connectivity index (χ3n) is 4.59. The van der Waals surface area contributed by atoms with Gasteiger partial charge in [-0.3, -0.25) is 0 Å². The number of halogens is 1. The second kappa shape index (κ2) is 6.70. The number of ether oxygens (including phenoxy) is 1. The fourth-order valence-corrected chi connectivity index (χ4v) is 3.31. The lowest BCUT2D eigenvalue weighted by molar-refractivity contribution is -0.108. The van der Waals surface area contributed by atoms with Crippen LogP contribution in [0.4, 0.5) is 5.69 Å². The van der Waals surface area contributed by atoms with E-state index in [0.29, 0.717) is 18.1 Å². The van der Waals surface area contributed by atoms with Gasteiger partial charge in [-0.05, 0) is 42.5 Å². The van der Waals surface area contributed by atoms with Crippen molar-refractivity contribution in [2.75, 3.05) is 11.9 Å². The largest absolute Gasteiger partial charge is 0.381 e. The minimum atomic E-state index is 0.187. The molecule has 2 rings (SSSR count). The average Bonchev–Trinajstić information content (AvgIpc) is 2.42. The van der Waals surface area contributed by atoms with Crippen LogP contribution < -0.4 is 5.32 Å². The monoisotopic (exact) mass is 353 g/mol. The predicted molar refractivity (Wildman–Crippen MR) is 93.9 cm³/mol. The molecule has 0 saturated heterocycles. The standard InChI is InChI=1S/C18H28BrNO/c1-6-13-9-14(19)7-8-15(13)20-16-10-17(18(16,4)5)21-11-12(2)3/h7-9,12,16-17,20H,6,10-11H2,1-5H3. The van der Waals surface area contributed by atoms with Gasteiger partial charge in [0.05, 0.1) is 6.10 Å². The number of rotatable bonds is 6. The number of nitrogens with one attached hydrogen (secondary N) is 1. The van der Waals surface area contributed by atoms with Crippen LogP contribution in [0.2, 0.25) is 0 Å². The van der Waals surface area contributed by atoms with Crippen LogP contribution in [-0.4, -0.2) is 18.8 Å². The Morgan fingerprint density at radius 1 is 1.38 bits per heavy atom. The number of aryl methyl sites for hydroxylation is 1. The smallest absolute Gasteiger partial charge is 0.0665 e. The lowest BCUT2D eigenvalue weighted by atomic mass is 9.64. The van der Waals surface area contributed by atoms with Gasteiger partial charge in [-0.2, -0.15) is 0 Å². The highest BCUT2D eigenvalue weighted by Gasteiger charge is 2.49. The molecule has 2 atom stereocenters. The molecular weight excluding hydrogens is 326 g/mol. The van der Waals surface area contributed by atoms with Crippen LogP contribution >= 0.6 is 15.9 Å². The summed E-state index contributed by atoms with van der Waals surface area (Å²) in [6, 6.07) is 6.99. The van der Waals surface area contributed by atoms with Crippen molar-refractivity contribution in [3.8, 4) is 0 Å². The summed E-state index contributed by atoms with van der Waals surface area (Å²) in [5, 5.41) is 3.73. The summed E-state index contributed by atoms with van der Waals surface area (Å²) in [5.41, 5.74) is 2.82. The van der Waals surface area contributed by atoms with Gasteiger partial charge in [-0.15, -0.1) is 0 Å². The van der Waals surface area contributed by atoms with Gasteiger partial charge in [0.2, 0.25) is 0 Å². The normalized spacial score (nSPS) is 24.0. The van der Waals surface area contributed by atoms with Crippen LogP contribution in [0.15, 0.2) is 22.7 Å². The van der Waals surface area contributed by atoms with E-state index in [-0.39, 0.29) is 5.41 Å². The topological polar surface area (TPSA) is 21.3 Å². The first-order valence-electron chi connectivity index (χ1n) is 8.01. The van der Waals surface area contributed by atoms with Gasteiger partial charge in [-0.1, -0.05) is 50.5 Å². The van der Waals surface area contributed by atoms with Gasteiger partial charge >= 0.3 is 0 Å². The Morgan fingerprint density at radius 3 is 2.67 bits per heavy atom. The highest BCUT2D eigenvalue weighted by atomic mass is 79.9. The van der Waals surface area contributed by atoms with E-state index in [0.717, 1.165) is 23.9 Å². The molecule has 2 nitrogen and oxygen atoms in total. The summed E-state index contributed by atoms with van der Waals surface area (Å²) in [4.78, 5) is 0. The zero-order valence-corrected chi connectivity index (χ0v) is 15.5. The van der Waals surface area contributed by atoms with Crippen molar-refractivity contribution < 1.29 is 4.74 Å². The van der Waals surface area contributed by atoms with Crippen LogP contribution in [0.1, 0.15) is 46.6 Å². The Bertz CT molecular complexity index is 484. The van der Waals surface area contributed by atoms with Gasteiger partial charge < -0.3 is 10.1 Å². The molecule has 1 N–H and O–H groups in total. The zero-order valence-electron chi connectivity index (χ0n) is 13.9. The van der Waals surface area contributed by atoms with Crippen molar-refractivity contribution in [2.45, 2.75) is 59.6 Å². The second-order valence-corrected chi connectivity index (χ2v) is 8.04. The van der Waals surface area contributed by atoms with Crippen molar-refractivity contribution in [2.24, 2.45) is 11.3 Å². The Hall–Kier alpha value is -0.540. The van der Waals surface area contributed by atoms with Gasteiger partial charge in [0, 0.05) is 28.2 Å². The summed E-state index contributed by atoms with van der Waals surface area (Å²) in [5.74, 6) is 0.603. The molecule has 0 heterocycles. The molecule has 1 aliphatic carbocycles. The molecule has 1 aromatic rings. The molecule has 0 aromatic heterocycles. The summed E-state index contributed by atoms with van der Waals surface area (Å²) in [6.45, 7) is 12.1. The molecule has 0 aliphatic heterocycles. The summed E-state index contributed by atoms with van der Waals surface area (Å²) in [7, 11) is 0. The van der Waals surface area contributed by atoms with Crippen molar-refractivity contribution >= 4 is 21.6 Å². The van der Waals surface area contributed by atoms with E-state index in [2.05, 4.69) is 74.1 Å². The lowest BCUT2D eigenvalue weighted by Gasteiger charge is -2.52. The van der Waals surface area contributed by atoms with Gasteiger partial charge in [-0.25, -0.2) is 0 Å². The highest BCUT2D eigenvalue weighted by molar-refractivity contribution is 9.10. The number of hydrogen-bond acceptors (Lipinski definition) is 2. The third-order valence-corrected chi connectivity index (χ3v) is 5.08. The molecule has 0 bridgehead atoms. The average molecular weight is 354 g/mol. The molecule has 0 amide bonds. The number of benzene rings is 1. The van der Waals surface area contributed by atoms with E-state index in [4.69, 9.17) is 4.74 Å². The van der Waals surface area contributed by atoms with Crippen LogP contribution in [0, 0.1) is 11.3 Å². The minimum Gasteiger partial charge on any atom is -0.381 e. The summed E-state index contributed by atoms with van der Waals surface area (Å²) < 4.78 is 7.20. The van der Waals surface area contributed by atoms with E-state index in [1.807, 2.05) is 0 Å². The molecule has 0 spiro atoms. The first kappa shape index (κ1) is 16.8. The molecular formula is C18H28BrNO. The molecule has 1 saturated carbocycles. The zero-order chi connectivity index (χ0) is 15.6. The van der Waals surface area contributed by atoms with Crippen molar-refractivity contribution in [1.82, 2.24) is 0 Å². The quantitative estimate of drug-likeness (QED) is 0.752. The highest BCUT2D eigenvalue weighted by Crippen LogP contribution is 2.45. The summed E-state index contributed by atoms with van der Waals surface area (Å²) in [6.07, 6.45) is 2.51. The molecule has 118 valence electrons. The van der Waals surface area contributed by atoms with Crippen LogP contribution in [-0.2, 0) is 11.2 Å². The van der Waals surface area contributed by atoms with Crippen molar-refractivity contribution in [1.29, 1.82) is 0 Å². The fourth-order valence-electron chi connectivity index (χ4n) is 2.91. The van der Waals surface area contributed by atoms with Crippen LogP contribution in [0.3, 0.4) is 0 Å². The first-order valence-corrected chi connectivity index (χ1v) is 8.80. The molecule has 1 aliphatic rings. The van der Waals surface area contributed by atoms with Crippen LogP contribution in [0.25, 0.3) is 0 Å². The predicted octanol–water partition coefficient (Wildman–Crippen LogP) is 5.26. The fraction of sp³-hybridized carbons (Fsp3) is 0.667. The van der Waals surface area contributed by atoms with E-state index in [1.165, 1.54) is 11.3 Å². The Morgan fingerprint density at radius 2 is 2.10 bits per heavy atom. The molecule has 1 aromatic carbocycles. The molecule has 1 fully saturated rings. The first-order chi connectivity index (χ1) is 9.84. The Balaban J connectivity index is 1.99. The SMILES string of the molecule is CCc1cc(Br)ccc1NC1CC(OCC(C)C)C1(C)C. The van der Waals surface area contributed by atoms with Gasteiger partial charge in [0.15, 0.2) is 0 Å². The number of anilines is 1. The Labute approximate surface area is 137 Å². The summed E-state index contributed by atoms with van der Waals surface area (Å²) >= 11 is 3.55. The van der Waals surface area contributed by atoms with E-state index in [9.17, 15) is 0 Å². The minimum absolute atomic E-state index is 0.187. The second-order valence-electron chi connectivity index (χ2n) is 7.12. The van der Waals surface area contributed by atoms with Gasteiger partial charge in [0.1, 0.15) is 0 Å². The van der Waals surface area contributed by atoms with Gasteiger partial charge in [0.25, 0.3) is 0 Å². The molecule has 21 heavy (non-hydrogen) atoms. The van der Waals surface area contributed by atoms with E-state index in [1.54, 1.807) is 0 Å². The molecule has 2 unspecified atom stereocenters. The maximum atomic E-state index is 6.05. The maximum Gasteiger partial charge on any atom is 0.0665 e. The lowest BCUT2D eigenvalue weighted by Crippen LogP contribution is -2.58. The van der Waals surface area contributed by atoms with E-state index < -0.39 is 0 Å². The van der Waals surface area contributed by atoms with Crippen LogP contribution in [0.5, 0.6) is 0 Å².